The minimum absolute atomic E-state index is 0.181. The number of hydrogen-bond donors (Lipinski definition) is 0. The zero-order valence-electron chi connectivity index (χ0n) is 18.3. The average Bonchev–Trinajstić information content (AvgIpc) is 2.91. The van der Waals surface area contributed by atoms with Crippen LogP contribution in [0.2, 0.25) is 0 Å². The minimum atomic E-state index is -0.181. The van der Waals surface area contributed by atoms with E-state index in [1.54, 1.807) is 6.20 Å². The molecule has 0 aliphatic heterocycles. The van der Waals surface area contributed by atoms with Crippen LogP contribution in [0.5, 0.6) is 0 Å². The molecule has 0 aliphatic rings. The highest BCUT2D eigenvalue weighted by molar-refractivity contribution is 5.79. The molecule has 2 heteroatoms. The predicted octanol–water partition coefficient (Wildman–Crippen LogP) is 7.62. The lowest BCUT2D eigenvalue weighted by Gasteiger charge is -2.21. The standard InChI is InChI=1S/C31H24N2/c1-3-13-24(14-4-1)27-18-7-9-20-29(27)31(33-23-26-17-11-12-22-32-26)30-21-10-8-19-28(30)25-15-5-2-6-16-25/h1-23,31H/b33-23+. The second-order valence-corrected chi connectivity index (χ2v) is 7.84. The van der Waals surface area contributed by atoms with Crippen molar-refractivity contribution in [1.29, 1.82) is 0 Å². The van der Waals surface area contributed by atoms with Crippen LogP contribution in [0.15, 0.2) is 139 Å². The van der Waals surface area contributed by atoms with Crippen LogP contribution < -0.4 is 0 Å². The fourth-order valence-electron chi connectivity index (χ4n) is 4.16. The van der Waals surface area contributed by atoms with Crippen molar-refractivity contribution in [2.45, 2.75) is 6.04 Å². The lowest BCUT2D eigenvalue weighted by molar-refractivity contribution is 0.881. The Bertz CT molecular complexity index is 1260. The van der Waals surface area contributed by atoms with E-state index in [2.05, 4.69) is 102 Å². The van der Waals surface area contributed by atoms with E-state index in [4.69, 9.17) is 4.99 Å². The molecule has 33 heavy (non-hydrogen) atoms. The van der Waals surface area contributed by atoms with Crippen LogP contribution in [0.1, 0.15) is 22.9 Å². The summed E-state index contributed by atoms with van der Waals surface area (Å²) in [6.07, 6.45) is 3.68. The number of aromatic nitrogens is 1. The Morgan fingerprint density at radius 1 is 0.515 bits per heavy atom. The molecule has 0 spiro atoms. The molecule has 0 aliphatic carbocycles. The Morgan fingerprint density at radius 3 is 1.52 bits per heavy atom. The summed E-state index contributed by atoms with van der Waals surface area (Å²) in [5, 5.41) is 0. The predicted molar refractivity (Wildman–Crippen MR) is 137 cm³/mol. The van der Waals surface area contributed by atoms with Crippen molar-refractivity contribution in [2.75, 3.05) is 0 Å². The summed E-state index contributed by atoms with van der Waals surface area (Å²) in [6.45, 7) is 0. The zero-order valence-corrected chi connectivity index (χ0v) is 18.3. The van der Waals surface area contributed by atoms with Gasteiger partial charge in [-0.05, 0) is 45.5 Å². The second-order valence-electron chi connectivity index (χ2n) is 7.84. The minimum Gasteiger partial charge on any atom is -0.278 e. The molecule has 0 saturated heterocycles. The van der Waals surface area contributed by atoms with Gasteiger partial charge in [-0.25, -0.2) is 0 Å². The van der Waals surface area contributed by atoms with Gasteiger partial charge in [-0.1, -0.05) is 115 Å². The van der Waals surface area contributed by atoms with Crippen molar-refractivity contribution >= 4 is 6.21 Å². The Hall–Kier alpha value is -4.30. The molecule has 0 fully saturated rings. The van der Waals surface area contributed by atoms with Gasteiger partial charge < -0.3 is 0 Å². The van der Waals surface area contributed by atoms with Gasteiger partial charge in [-0.3, -0.25) is 9.98 Å². The lowest BCUT2D eigenvalue weighted by Crippen LogP contribution is -2.04. The molecular formula is C31H24N2. The van der Waals surface area contributed by atoms with E-state index in [0.717, 1.165) is 5.69 Å². The van der Waals surface area contributed by atoms with E-state index in [1.165, 1.54) is 33.4 Å². The third-order valence-electron chi connectivity index (χ3n) is 5.72. The lowest BCUT2D eigenvalue weighted by atomic mass is 9.87. The monoisotopic (exact) mass is 424 g/mol. The molecule has 0 N–H and O–H groups in total. The first-order chi connectivity index (χ1) is 16.4. The molecule has 4 aromatic carbocycles. The molecule has 5 aromatic rings. The number of rotatable bonds is 6. The Balaban J connectivity index is 1.70. The highest BCUT2D eigenvalue weighted by atomic mass is 14.8. The van der Waals surface area contributed by atoms with Crippen molar-refractivity contribution in [3.63, 3.8) is 0 Å². The van der Waals surface area contributed by atoms with Gasteiger partial charge in [0.1, 0.15) is 6.04 Å². The fourth-order valence-corrected chi connectivity index (χ4v) is 4.16. The summed E-state index contributed by atoms with van der Waals surface area (Å²) in [4.78, 5) is 9.57. The van der Waals surface area contributed by atoms with Gasteiger partial charge in [-0.15, -0.1) is 0 Å². The first kappa shape index (κ1) is 20.6. The molecule has 0 unspecified atom stereocenters. The molecule has 1 heterocycles. The summed E-state index contributed by atoms with van der Waals surface area (Å²) in [5.41, 5.74) is 7.91. The van der Waals surface area contributed by atoms with Crippen LogP contribution >= 0.6 is 0 Å². The maximum atomic E-state index is 5.12. The summed E-state index contributed by atoms with van der Waals surface area (Å²) < 4.78 is 0. The molecule has 0 saturated carbocycles. The van der Waals surface area contributed by atoms with Gasteiger partial charge in [-0.2, -0.15) is 0 Å². The van der Waals surface area contributed by atoms with Gasteiger partial charge >= 0.3 is 0 Å². The van der Waals surface area contributed by atoms with E-state index >= 15 is 0 Å². The maximum absolute atomic E-state index is 5.12. The van der Waals surface area contributed by atoms with Crippen LogP contribution in [0.3, 0.4) is 0 Å². The largest absolute Gasteiger partial charge is 0.278 e. The first-order valence-electron chi connectivity index (χ1n) is 11.1. The van der Waals surface area contributed by atoms with Crippen molar-refractivity contribution < 1.29 is 0 Å². The number of aliphatic imine (C=N–C) groups is 1. The summed E-state index contributed by atoms with van der Waals surface area (Å²) >= 11 is 0. The Labute approximate surface area is 195 Å². The Kier molecular flexibility index (Phi) is 6.17. The summed E-state index contributed by atoms with van der Waals surface area (Å²) in [7, 11) is 0. The van der Waals surface area contributed by atoms with Crippen LogP contribution in [-0.2, 0) is 0 Å². The highest BCUT2D eigenvalue weighted by Gasteiger charge is 2.20. The van der Waals surface area contributed by atoms with Gasteiger partial charge in [0.15, 0.2) is 0 Å². The fraction of sp³-hybridized carbons (Fsp3) is 0.0323. The number of hydrogen-bond acceptors (Lipinski definition) is 2. The van der Waals surface area contributed by atoms with Crippen molar-refractivity contribution in [1.82, 2.24) is 4.98 Å². The van der Waals surface area contributed by atoms with Crippen molar-refractivity contribution in [3.05, 3.63) is 150 Å². The number of benzene rings is 4. The summed E-state index contributed by atoms with van der Waals surface area (Å²) in [5.74, 6) is 0. The van der Waals surface area contributed by atoms with Crippen molar-refractivity contribution in [2.24, 2.45) is 4.99 Å². The van der Waals surface area contributed by atoms with Crippen LogP contribution in [0.4, 0.5) is 0 Å². The molecule has 158 valence electrons. The van der Waals surface area contributed by atoms with E-state index in [-0.39, 0.29) is 6.04 Å². The smallest absolute Gasteiger partial charge is 0.101 e. The number of pyridine rings is 1. The van der Waals surface area contributed by atoms with E-state index in [1.807, 2.05) is 36.5 Å². The molecule has 5 rings (SSSR count). The van der Waals surface area contributed by atoms with E-state index in [0.29, 0.717) is 0 Å². The Morgan fingerprint density at radius 2 is 1.00 bits per heavy atom. The molecule has 0 bridgehead atoms. The van der Waals surface area contributed by atoms with Gasteiger partial charge in [0, 0.05) is 12.4 Å². The molecular weight excluding hydrogens is 400 g/mol. The zero-order chi connectivity index (χ0) is 22.3. The molecule has 0 radical (unpaired) electrons. The molecule has 2 nitrogen and oxygen atoms in total. The van der Waals surface area contributed by atoms with Gasteiger partial charge in [0.2, 0.25) is 0 Å². The third kappa shape index (κ3) is 4.65. The van der Waals surface area contributed by atoms with Crippen molar-refractivity contribution in [3.8, 4) is 22.3 Å². The van der Waals surface area contributed by atoms with Crippen LogP contribution in [0, 0.1) is 0 Å². The van der Waals surface area contributed by atoms with Crippen LogP contribution in [-0.4, -0.2) is 11.2 Å². The first-order valence-corrected chi connectivity index (χ1v) is 11.1. The van der Waals surface area contributed by atoms with Gasteiger partial charge in [0.05, 0.1) is 5.69 Å². The quantitative estimate of drug-likeness (QED) is 0.257. The maximum Gasteiger partial charge on any atom is 0.101 e. The van der Waals surface area contributed by atoms with Crippen LogP contribution in [0.25, 0.3) is 22.3 Å². The summed E-state index contributed by atoms with van der Waals surface area (Å²) in [6, 6.07) is 43.8. The second kappa shape index (κ2) is 9.88. The molecule has 0 amide bonds. The average molecular weight is 425 g/mol. The molecule has 1 aromatic heterocycles. The molecule has 0 atom stereocenters. The van der Waals surface area contributed by atoms with E-state index in [9.17, 15) is 0 Å². The number of nitrogens with zero attached hydrogens (tertiary/aromatic N) is 2. The van der Waals surface area contributed by atoms with Gasteiger partial charge in [0.25, 0.3) is 0 Å². The topological polar surface area (TPSA) is 25.2 Å². The SMILES string of the molecule is C(=N\C(c1ccccc1-c1ccccc1)c1ccccc1-c1ccccc1)/c1ccccn1. The third-order valence-corrected chi connectivity index (χ3v) is 5.72. The highest BCUT2D eigenvalue weighted by Crippen LogP contribution is 2.38. The normalized spacial score (nSPS) is 11.2. The van der Waals surface area contributed by atoms with E-state index < -0.39 is 0 Å².